The second kappa shape index (κ2) is 5.60. The molecule has 1 heterocycles. The van der Waals surface area contributed by atoms with Crippen molar-refractivity contribution in [1.82, 2.24) is 0 Å². The van der Waals surface area contributed by atoms with E-state index >= 15 is 0 Å². The summed E-state index contributed by atoms with van der Waals surface area (Å²) in [6.07, 6.45) is -0.754. The summed E-state index contributed by atoms with van der Waals surface area (Å²) in [4.78, 5) is 11.0. The average Bonchev–Trinajstić information content (AvgIpc) is 2.78. The molecule has 0 spiro atoms. The number of aliphatic hydroxyl groups excluding tert-OH is 1. The Kier molecular flexibility index (Phi) is 4.06. The molecule has 20 heavy (non-hydrogen) atoms. The number of benzene rings is 1. The summed E-state index contributed by atoms with van der Waals surface area (Å²) in [5.74, 6) is 0.551. The molecule has 1 unspecified atom stereocenters. The van der Waals surface area contributed by atoms with Crippen LogP contribution in [0.2, 0.25) is 0 Å². The van der Waals surface area contributed by atoms with Crippen LogP contribution < -0.4 is 4.74 Å². The van der Waals surface area contributed by atoms with Gasteiger partial charge in [0.2, 0.25) is 0 Å². The van der Waals surface area contributed by atoms with Crippen LogP contribution in [-0.2, 0) is 0 Å². The van der Waals surface area contributed by atoms with E-state index in [1.165, 1.54) is 6.07 Å². The molecule has 2 rings (SSSR count). The van der Waals surface area contributed by atoms with Crippen LogP contribution in [-0.4, -0.2) is 10.0 Å². The van der Waals surface area contributed by atoms with Gasteiger partial charge in [-0.1, -0.05) is 17.4 Å². The first-order valence-corrected chi connectivity index (χ1v) is 6.91. The van der Waals surface area contributed by atoms with E-state index in [2.05, 4.69) is 0 Å². The Hall–Kier alpha value is -1.92. The van der Waals surface area contributed by atoms with Crippen molar-refractivity contribution in [2.24, 2.45) is 0 Å². The van der Waals surface area contributed by atoms with E-state index in [1.807, 2.05) is 26.0 Å². The zero-order valence-corrected chi connectivity index (χ0v) is 12.2. The van der Waals surface area contributed by atoms with Gasteiger partial charge in [-0.2, -0.15) is 0 Å². The van der Waals surface area contributed by atoms with Gasteiger partial charge in [-0.25, -0.2) is 0 Å². The third-order valence-electron chi connectivity index (χ3n) is 3.00. The molecule has 2 aromatic rings. The fraction of sp³-hybridized carbons (Fsp3) is 0.286. The lowest BCUT2D eigenvalue weighted by molar-refractivity contribution is -0.385. The van der Waals surface area contributed by atoms with Crippen molar-refractivity contribution in [2.75, 3.05) is 0 Å². The number of aliphatic hydroxyl groups is 1. The first-order chi connectivity index (χ1) is 9.38. The third kappa shape index (κ3) is 2.97. The summed E-state index contributed by atoms with van der Waals surface area (Å²) >= 11 is 1.09. The van der Waals surface area contributed by atoms with Crippen molar-refractivity contribution in [3.63, 3.8) is 0 Å². The van der Waals surface area contributed by atoms with Crippen molar-refractivity contribution in [3.05, 3.63) is 50.4 Å². The predicted molar refractivity (Wildman–Crippen MR) is 77.6 cm³/mol. The predicted octanol–water partition coefficient (Wildman–Crippen LogP) is 4.12. The molecule has 0 saturated carbocycles. The normalized spacial score (nSPS) is 12.2. The van der Waals surface area contributed by atoms with E-state index < -0.39 is 11.0 Å². The fourth-order valence-electron chi connectivity index (χ4n) is 1.67. The topological polar surface area (TPSA) is 72.6 Å². The molecule has 6 heteroatoms. The van der Waals surface area contributed by atoms with Crippen molar-refractivity contribution >= 4 is 17.0 Å². The number of rotatable bonds is 4. The van der Waals surface area contributed by atoms with Crippen LogP contribution in [0.4, 0.5) is 5.69 Å². The van der Waals surface area contributed by atoms with Crippen LogP contribution in [0.25, 0.3) is 0 Å². The number of ether oxygens (including phenoxy) is 1. The summed E-state index contributed by atoms with van der Waals surface area (Å²) in [5.41, 5.74) is 2.06. The molecule has 106 valence electrons. The van der Waals surface area contributed by atoms with Crippen LogP contribution in [0.3, 0.4) is 0 Å². The molecule has 0 aliphatic heterocycles. The summed E-state index contributed by atoms with van der Waals surface area (Å²) in [6.45, 7) is 5.50. The van der Waals surface area contributed by atoms with Crippen molar-refractivity contribution in [1.29, 1.82) is 0 Å². The first kappa shape index (κ1) is 14.5. The second-order valence-electron chi connectivity index (χ2n) is 4.60. The molecule has 0 aliphatic rings. The maximum absolute atomic E-state index is 11.0. The molecule has 1 aromatic carbocycles. The Bertz CT molecular complexity index is 649. The number of hydrogen-bond acceptors (Lipinski definition) is 5. The lowest BCUT2D eigenvalue weighted by Gasteiger charge is -2.05. The van der Waals surface area contributed by atoms with Gasteiger partial charge in [0.1, 0.15) is 5.75 Å². The van der Waals surface area contributed by atoms with E-state index in [9.17, 15) is 15.2 Å². The molecule has 0 radical (unpaired) electrons. The molecule has 1 N–H and O–H groups in total. The summed E-state index contributed by atoms with van der Waals surface area (Å²) < 4.78 is 5.60. The fourth-order valence-corrected chi connectivity index (χ4v) is 2.60. The lowest BCUT2D eigenvalue weighted by atomic mass is 10.1. The summed E-state index contributed by atoms with van der Waals surface area (Å²) in [6, 6.07) is 6.86. The largest absolute Gasteiger partial charge is 0.440 e. The SMILES string of the molecule is Cc1ccc(Oc2sc(C(C)O)cc2[N+](=O)[O-])cc1C. The van der Waals surface area contributed by atoms with Crippen LogP contribution in [0.1, 0.15) is 29.0 Å². The quantitative estimate of drug-likeness (QED) is 0.680. The Morgan fingerprint density at radius 3 is 2.55 bits per heavy atom. The van der Waals surface area contributed by atoms with E-state index in [-0.39, 0.29) is 10.8 Å². The van der Waals surface area contributed by atoms with Gasteiger partial charge in [0.15, 0.2) is 0 Å². The zero-order chi connectivity index (χ0) is 14.9. The van der Waals surface area contributed by atoms with Gasteiger partial charge in [-0.05, 0) is 44.0 Å². The van der Waals surface area contributed by atoms with Gasteiger partial charge in [0.05, 0.1) is 11.0 Å². The minimum atomic E-state index is -0.754. The molecular formula is C14H15NO4S. The van der Waals surface area contributed by atoms with E-state index in [0.717, 1.165) is 22.5 Å². The van der Waals surface area contributed by atoms with Gasteiger partial charge in [0, 0.05) is 10.9 Å². The van der Waals surface area contributed by atoms with Gasteiger partial charge >= 0.3 is 5.69 Å². The smallest absolute Gasteiger partial charge is 0.323 e. The number of nitro groups is 1. The van der Waals surface area contributed by atoms with Crippen LogP contribution in [0.15, 0.2) is 24.3 Å². The molecule has 1 aromatic heterocycles. The monoisotopic (exact) mass is 293 g/mol. The molecule has 0 saturated heterocycles. The Morgan fingerprint density at radius 1 is 1.30 bits per heavy atom. The highest BCUT2D eigenvalue weighted by molar-refractivity contribution is 7.14. The zero-order valence-electron chi connectivity index (χ0n) is 11.4. The average molecular weight is 293 g/mol. The van der Waals surface area contributed by atoms with Gasteiger partial charge in [-0.3, -0.25) is 10.1 Å². The van der Waals surface area contributed by atoms with Crippen LogP contribution in [0, 0.1) is 24.0 Å². The Morgan fingerprint density at radius 2 is 2.00 bits per heavy atom. The van der Waals surface area contributed by atoms with Crippen molar-refractivity contribution < 1.29 is 14.8 Å². The van der Waals surface area contributed by atoms with Gasteiger partial charge in [-0.15, -0.1) is 0 Å². The highest BCUT2D eigenvalue weighted by Gasteiger charge is 2.23. The maximum atomic E-state index is 11.0. The van der Waals surface area contributed by atoms with E-state index in [1.54, 1.807) is 13.0 Å². The second-order valence-corrected chi connectivity index (χ2v) is 5.65. The van der Waals surface area contributed by atoms with E-state index in [0.29, 0.717) is 10.6 Å². The van der Waals surface area contributed by atoms with Gasteiger partial charge in [0.25, 0.3) is 5.06 Å². The highest BCUT2D eigenvalue weighted by atomic mass is 32.1. The lowest BCUT2D eigenvalue weighted by Crippen LogP contribution is -1.90. The minimum Gasteiger partial charge on any atom is -0.440 e. The van der Waals surface area contributed by atoms with E-state index in [4.69, 9.17) is 4.74 Å². The Labute approximate surface area is 120 Å². The molecule has 5 nitrogen and oxygen atoms in total. The maximum Gasteiger partial charge on any atom is 0.323 e. The molecule has 0 bridgehead atoms. The molecular weight excluding hydrogens is 278 g/mol. The molecule has 0 amide bonds. The van der Waals surface area contributed by atoms with Crippen molar-refractivity contribution in [3.8, 4) is 10.8 Å². The molecule has 0 fully saturated rings. The number of nitrogens with zero attached hydrogens (tertiary/aromatic N) is 1. The number of aryl methyl sites for hydroxylation is 2. The Balaban J connectivity index is 2.36. The third-order valence-corrected chi connectivity index (χ3v) is 4.17. The van der Waals surface area contributed by atoms with Crippen LogP contribution >= 0.6 is 11.3 Å². The highest BCUT2D eigenvalue weighted by Crippen LogP contribution is 2.42. The van der Waals surface area contributed by atoms with Crippen LogP contribution in [0.5, 0.6) is 10.8 Å². The first-order valence-electron chi connectivity index (χ1n) is 6.09. The number of hydrogen-bond donors (Lipinski definition) is 1. The summed E-state index contributed by atoms with van der Waals surface area (Å²) in [5, 5.41) is 20.7. The van der Waals surface area contributed by atoms with Crippen molar-refractivity contribution in [2.45, 2.75) is 26.9 Å². The van der Waals surface area contributed by atoms with Gasteiger partial charge < -0.3 is 9.84 Å². The molecule has 0 aliphatic carbocycles. The molecule has 1 atom stereocenters. The standard InChI is InChI=1S/C14H15NO4S/c1-8-4-5-11(6-9(8)2)19-14-12(15(17)18)7-13(20-14)10(3)16/h4-7,10,16H,1-3H3. The minimum absolute atomic E-state index is 0.121. The number of thiophene rings is 1. The summed E-state index contributed by atoms with van der Waals surface area (Å²) in [7, 11) is 0.